The second-order valence-corrected chi connectivity index (χ2v) is 4.56. The van der Waals surface area contributed by atoms with Gasteiger partial charge < -0.3 is 14.6 Å². The van der Waals surface area contributed by atoms with Crippen LogP contribution in [0.3, 0.4) is 0 Å². The lowest BCUT2D eigenvalue weighted by atomic mass is 9.93. The molecule has 0 saturated carbocycles. The normalized spacial score (nSPS) is 14.4. The maximum Gasteiger partial charge on any atom is 0.231 e. The van der Waals surface area contributed by atoms with Crippen molar-refractivity contribution in [1.29, 1.82) is 0 Å². The van der Waals surface area contributed by atoms with Crippen LogP contribution in [0, 0.1) is 0 Å². The average Bonchev–Trinajstić information content (AvgIpc) is 2.93. The molecule has 0 bridgehead atoms. The number of aliphatic hydroxyl groups is 1. The van der Waals surface area contributed by atoms with Crippen molar-refractivity contribution in [2.75, 3.05) is 13.4 Å². The summed E-state index contributed by atoms with van der Waals surface area (Å²) >= 11 is 0. The maximum absolute atomic E-state index is 9.60. The summed E-state index contributed by atoms with van der Waals surface area (Å²) in [6, 6.07) is 9.74. The largest absolute Gasteiger partial charge is 0.454 e. The van der Waals surface area contributed by atoms with Gasteiger partial charge in [0, 0.05) is 18.3 Å². The number of rotatable bonds is 4. The standard InChI is InChI=1S/C15H15NO3/c17-9-13(6-11-2-1-5-16-8-11)12-3-4-14-15(7-12)19-10-18-14/h1-5,7-8,13,17H,6,9-10H2. The third-order valence-corrected chi connectivity index (χ3v) is 3.29. The number of hydrogen-bond donors (Lipinski definition) is 1. The Morgan fingerprint density at radius 1 is 1.21 bits per heavy atom. The zero-order chi connectivity index (χ0) is 13.1. The zero-order valence-corrected chi connectivity index (χ0v) is 10.5. The van der Waals surface area contributed by atoms with Crippen LogP contribution in [0.15, 0.2) is 42.7 Å². The molecule has 3 rings (SSSR count). The lowest BCUT2D eigenvalue weighted by molar-refractivity contribution is 0.174. The maximum atomic E-state index is 9.60. The van der Waals surface area contributed by atoms with Crippen molar-refractivity contribution in [3.8, 4) is 11.5 Å². The highest BCUT2D eigenvalue weighted by atomic mass is 16.7. The minimum atomic E-state index is 0.0405. The number of fused-ring (bicyclic) bond motifs is 1. The summed E-state index contributed by atoms with van der Waals surface area (Å²) in [5, 5.41) is 9.60. The highest BCUT2D eigenvalue weighted by Crippen LogP contribution is 2.35. The average molecular weight is 257 g/mol. The number of nitrogens with zero attached hydrogens (tertiary/aromatic N) is 1. The van der Waals surface area contributed by atoms with Gasteiger partial charge in [0.1, 0.15) is 0 Å². The van der Waals surface area contributed by atoms with E-state index in [2.05, 4.69) is 4.98 Å². The highest BCUT2D eigenvalue weighted by molar-refractivity contribution is 5.45. The third-order valence-electron chi connectivity index (χ3n) is 3.29. The summed E-state index contributed by atoms with van der Waals surface area (Å²) in [4.78, 5) is 4.10. The van der Waals surface area contributed by atoms with Gasteiger partial charge >= 0.3 is 0 Å². The van der Waals surface area contributed by atoms with Crippen LogP contribution in [0.4, 0.5) is 0 Å². The molecule has 1 aliphatic heterocycles. The fourth-order valence-corrected chi connectivity index (χ4v) is 2.26. The number of ether oxygens (including phenoxy) is 2. The van der Waals surface area contributed by atoms with E-state index >= 15 is 0 Å². The molecule has 1 unspecified atom stereocenters. The van der Waals surface area contributed by atoms with Gasteiger partial charge in [0.2, 0.25) is 6.79 Å². The van der Waals surface area contributed by atoms with Crippen LogP contribution in [0.2, 0.25) is 0 Å². The first-order valence-electron chi connectivity index (χ1n) is 6.26. The Kier molecular flexibility index (Phi) is 3.33. The van der Waals surface area contributed by atoms with Crippen molar-refractivity contribution < 1.29 is 14.6 Å². The topological polar surface area (TPSA) is 51.6 Å². The summed E-state index contributed by atoms with van der Waals surface area (Å²) in [7, 11) is 0. The minimum absolute atomic E-state index is 0.0405. The van der Waals surface area contributed by atoms with E-state index in [1.807, 2.05) is 36.5 Å². The predicted octanol–water partition coefficient (Wildman–Crippen LogP) is 2.13. The zero-order valence-electron chi connectivity index (χ0n) is 10.5. The summed E-state index contributed by atoms with van der Waals surface area (Å²) in [6.07, 6.45) is 4.33. The molecule has 19 heavy (non-hydrogen) atoms. The highest BCUT2D eigenvalue weighted by Gasteiger charge is 2.18. The third kappa shape index (κ3) is 2.53. The molecule has 1 aromatic heterocycles. The minimum Gasteiger partial charge on any atom is -0.454 e. The molecule has 4 nitrogen and oxygen atoms in total. The molecule has 1 aliphatic rings. The fraction of sp³-hybridized carbons (Fsp3) is 0.267. The Morgan fingerprint density at radius 3 is 2.89 bits per heavy atom. The predicted molar refractivity (Wildman–Crippen MR) is 70.3 cm³/mol. The molecule has 0 fully saturated rings. The molecule has 4 heteroatoms. The smallest absolute Gasteiger partial charge is 0.231 e. The van der Waals surface area contributed by atoms with Gasteiger partial charge in [-0.2, -0.15) is 0 Å². The Balaban J connectivity index is 1.82. The molecule has 0 spiro atoms. The molecule has 1 N–H and O–H groups in total. The van der Waals surface area contributed by atoms with Gasteiger partial charge in [0.25, 0.3) is 0 Å². The van der Waals surface area contributed by atoms with Gasteiger partial charge in [-0.3, -0.25) is 4.98 Å². The monoisotopic (exact) mass is 257 g/mol. The van der Waals surface area contributed by atoms with Crippen molar-refractivity contribution >= 4 is 0 Å². The molecule has 0 saturated heterocycles. The molecule has 0 radical (unpaired) electrons. The molecular weight excluding hydrogens is 242 g/mol. The van der Waals surface area contributed by atoms with E-state index in [4.69, 9.17) is 9.47 Å². The molecule has 1 aromatic carbocycles. The molecule has 1 atom stereocenters. The van der Waals surface area contributed by atoms with Gasteiger partial charge in [0.15, 0.2) is 11.5 Å². The van der Waals surface area contributed by atoms with E-state index in [-0.39, 0.29) is 19.3 Å². The first-order chi connectivity index (χ1) is 9.36. The summed E-state index contributed by atoms with van der Waals surface area (Å²) in [5.41, 5.74) is 2.16. The van der Waals surface area contributed by atoms with Gasteiger partial charge in [-0.1, -0.05) is 12.1 Å². The first kappa shape index (κ1) is 12.0. The van der Waals surface area contributed by atoms with Gasteiger partial charge in [0.05, 0.1) is 6.61 Å². The van der Waals surface area contributed by atoms with Crippen molar-refractivity contribution in [1.82, 2.24) is 4.98 Å². The van der Waals surface area contributed by atoms with Crippen LogP contribution in [0.25, 0.3) is 0 Å². The number of aromatic nitrogens is 1. The summed E-state index contributed by atoms with van der Waals surface area (Å²) in [6.45, 7) is 0.361. The lowest BCUT2D eigenvalue weighted by Gasteiger charge is -2.15. The van der Waals surface area contributed by atoms with Crippen LogP contribution in [-0.2, 0) is 6.42 Å². The lowest BCUT2D eigenvalue weighted by Crippen LogP contribution is -2.08. The van der Waals surface area contributed by atoms with E-state index in [1.165, 1.54) is 0 Å². The van der Waals surface area contributed by atoms with E-state index in [0.717, 1.165) is 29.0 Å². The molecule has 0 aliphatic carbocycles. The van der Waals surface area contributed by atoms with Gasteiger partial charge in [-0.05, 0) is 35.7 Å². The molecule has 0 amide bonds. The Bertz CT molecular complexity index is 557. The summed E-state index contributed by atoms with van der Waals surface area (Å²) in [5.74, 6) is 1.56. The number of pyridine rings is 1. The van der Waals surface area contributed by atoms with Crippen molar-refractivity contribution in [3.63, 3.8) is 0 Å². The number of benzene rings is 1. The number of hydrogen-bond acceptors (Lipinski definition) is 4. The second-order valence-electron chi connectivity index (χ2n) is 4.56. The van der Waals surface area contributed by atoms with Crippen LogP contribution in [-0.4, -0.2) is 23.5 Å². The summed E-state index contributed by atoms with van der Waals surface area (Å²) < 4.78 is 10.7. The quantitative estimate of drug-likeness (QED) is 0.911. The Labute approximate surface area is 111 Å². The van der Waals surface area contributed by atoms with Crippen molar-refractivity contribution in [2.24, 2.45) is 0 Å². The van der Waals surface area contributed by atoms with Crippen molar-refractivity contribution in [2.45, 2.75) is 12.3 Å². The second kappa shape index (κ2) is 5.28. The molecular formula is C15H15NO3. The van der Waals surface area contributed by atoms with Gasteiger partial charge in [-0.25, -0.2) is 0 Å². The SMILES string of the molecule is OCC(Cc1cccnc1)c1ccc2c(c1)OCO2. The molecule has 98 valence electrons. The Hall–Kier alpha value is -2.07. The van der Waals surface area contributed by atoms with Crippen LogP contribution >= 0.6 is 0 Å². The van der Waals surface area contributed by atoms with Crippen LogP contribution < -0.4 is 9.47 Å². The van der Waals surface area contributed by atoms with Crippen molar-refractivity contribution in [3.05, 3.63) is 53.9 Å². The molecule has 2 aromatic rings. The molecule has 2 heterocycles. The number of aliphatic hydroxyl groups excluding tert-OH is 1. The first-order valence-corrected chi connectivity index (χ1v) is 6.26. The van der Waals surface area contributed by atoms with E-state index in [9.17, 15) is 5.11 Å². The fourth-order valence-electron chi connectivity index (χ4n) is 2.26. The Morgan fingerprint density at radius 2 is 2.11 bits per heavy atom. The van der Waals surface area contributed by atoms with Crippen LogP contribution in [0.5, 0.6) is 11.5 Å². The van der Waals surface area contributed by atoms with E-state index in [1.54, 1.807) is 6.20 Å². The van der Waals surface area contributed by atoms with E-state index in [0.29, 0.717) is 0 Å². The van der Waals surface area contributed by atoms with Gasteiger partial charge in [-0.15, -0.1) is 0 Å². The van der Waals surface area contributed by atoms with E-state index < -0.39 is 0 Å². The van der Waals surface area contributed by atoms with Crippen LogP contribution in [0.1, 0.15) is 17.0 Å².